The number of imidazole rings is 1. The fourth-order valence-corrected chi connectivity index (χ4v) is 4.69. The maximum atomic E-state index is 13.2. The van der Waals surface area contributed by atoms with Crippen LogP contribution < -0.4 is 5.32 Å². The second-order valence-corrected chi connectivity index (χ2v) is 8.72. The molecule has 2 amide bonds. The molecule has 2 saturated carbocycles. The van der Waals surface area contributed by atoms with E-state index in [9.17, 15) is 9.59 Å². The molecule has 1 unspecified atom stereocenters. The van der Waals surface area contributed by atoms with Gasteiger partial charge in [-0.2, -0.15) is 0 Å². The van der Waals surface area contributed by atoms with Gasteiger partial charge in [0.2, 0.25) is 11.8 Å². The Morgan fingerprint density at radius 1 is 1.25 bits per heavy atom. The van der Waals surface area contributed by atoms with Crippen molar-refractivity contribution in [2.75, 3.05) is 19.6 Å². The van der Waals surface area contributed by atoms with Gasteiger partial charge in [0.1, 0.15) is 5.82 Å². The highest BCUT2D eigenvalue weighted by Gasteiger charge is 2.38. The summed E-state index contributed by atoms with van der Waals surface area (Å²) in [6.45, 7) is 3.02. The highest BCUT2D eigenvalue weighted by atomic mass is 16.2. The smallest absolute Gasteiger partial charge is 0.237 e. The van der Waals surface area contributed by atoms with Crippen molar-refractivity contribution in [1.29, 1.82) is 0 Å². The Labute approximate surface area is 167 Å². The summed E-state index contributed by atoms with van der Waals surface area (Å²) in [4.78, 5) is 34.4. The van der Waals surface area contributed by atoms with Crippen LogP contribution >= 0.6 is 0 Å². The summed E-state index contributed by atoms with van der Waals surface area (Å²) in [7, 11) is 1.96. The fourth-order valence-electron chi connectivity index (χ4n) is 4.69. The number of carbonyl (C=O) groups excluding carboxylic acids is 2. The lowest BCUT2D eigenvalue weighted by atomic mass is 9.88. The lowest BCUT2D eigenvalue weighted by Gasteiger charge is -2.38. The number of rotatable bonds is 7. The molecule has 1 atom stereocenters. The fraction of sp³-hybridized carbons (Fsp3) is 0.762. The Bertz CT molecular complexity index is 693. The molecular weight excluding hydrogens is 354 g/mol. The number of hydrogen-bond acceptors (Lipinski definition) is 4. The van der Waals surface area contributed by atoms with Crippen molar-refractivity contribution >= 4 is 11.8 Å². The van der Waals surface area contributed by atoms with Crippen molar-refractivity contribution < 1.29 is 9.59 Å². The first-order valence-electron chi connectivity index (χ1n) is 10.9. The first kappa shape index (κ1) is 19.4. The van der Waals surface area contributed by atoms with E-state index in [1.54, 1.807) is 6.20 Å². The number of nitrogens with zero attached hydrogens (tertiary/aromatic N) is 4. The van der Waals surface area contributed by atoms with Crippen molar-refractivity contribution in [3.05, 3.63) is 18.2 Å². The molecule has 7 nitrogen and oxygen atoms in total. The standard InChI is InChI=1S/C21H33N5O2/c1-24-11-9-22-19(24)15-26(17-7-8-17)20(27)13-18-21(28)23-10-12-25(18)14-16-5-3-2-4-6-16/h9,11,16-18H,2-8,10,12-15H2,1H3,(H,23,28). The molecule has 0 radical (unpaired) electrons. The van der Waals surface area contributed by atoms with E-state index in [4.69, 9.17) is 0 Å². The summed E-state index contributed by atoms with van der Waals surface area (Å²) in [6, 6.07) is -0.0200. The summed E-state index contributed by atoms with van der Waals surface area (Å²) in [5.74, 6) is 1.67. The first-order valence-corrected chi connectivity index (χ1v) is 10.9. The summed E-state index contributed by atoms with van der Waals surface area (Å²) < 4.78 is 1.96. The second-order valence-electron chi connectivity index (χ2n) is 8.72. The summed E-state index contributed by atoms with van der Waals surface area (Å²) in [6.07, 6.45) is 12.5. The third-order valence-electron chi connectivity index (χ3n) is 6.57. The van der Waals surface area contributed by atoms with Crippen molar-refractivity contribution in [3.63, 3.8) is 0 Å². The Kier molecular flexibility index (Phi) is 5.99. The van der Waals surface area contributed by atoms with E-state index in [1.807, 2.05) is 22.7 Å². The van der Waals surface area contributed by atoms with Crippen LogP contribution in [0.25, 0.3) is 0 Å². The molecule has 1 aliphatic heterocycles. The molecule has 1 aromatic heterocycles. The molecule has 1 saturated heterocycles. The summed E-state index contributed by atoms with van der Waals surface area (Å²) in [5.41, 5.74) is 0. The van der Waals surface area contributed by atoms with Crippen molar-refractivity contribution in [2.24, 2.45) is 13.0 Å². The van der Waals surface area contributed by atoms with Gasteiger partial charge in [-0.25, -0.2) is 4.98 Å². The van der Waals surface area contributed by atoms with Gasteiger partial charge in [0, 0.05) is 45.1 Å². The first-order chi connectivity index (χ1) is 13.6. The van der Waals surface area contributed by atoms with Gasteiger partial charge >= 0.3 is 0 Å². The van der Waals surface area contributed by atoms with Crippen molar-refractivity contribution in [1.82, 2.24) is 24.7 Å². The molecule has 0 aromatic carbocycles. The van der Waals surface area contributed by atoms with Crippen LogP contribution in [-0.2, 0) is 23.2 Å². The molecule has 2 aliphatic carbocycles. The van der Waals surface area contributed by atoms with Crippen molar-refractivity contribution in [3.8, 4) is 0 Å². The number of amides is 2. The van der Waals surface area contributed by atoms with Gasteiger partial charge in [-0.05, 0) is 31.6 Å². The van der Waals surface area contributed by atoms with E-state index in [0.29, 0.717) is 25.0 Å². The Morgan fingerprint density at radius 2 is 2.04 bits per heavy atom. The molecule has 7 heteroatoms. The largest absolute Gasteiger partial charge is 0.353 e. The average Bonchev–Trinajstić information content (AvgIpc) is 3.45. The zero-order valence-corrected chi connectivity index (χ0v) is 17.0. The minimum absolute atomic E-state index is 0.0168. The Balaban J connectivity index is 1.41. The van der Waals surface area contributed by atoms with E-state index in [0.717, 1.165) is 31.8 Å². The molecule has 154 valence electrons. The Hall–Kier alpha value is -1.89. The highest BCUT2D eigenvalue weighted by molar-refractivity contribution is 5.89. The zero-order valence-electron chi connectivity index (χ0n) is 17.0. The average molecular weight is 388 g/mol. The van der Waals surface area contributed by atoms with E-state index in [1.165, 1.54) is 32.1 Å². The van der Waals surface area contributed by atoms with Crippen LogP contribution in [0.1, 0.15) is 57.2 Å². The third kappa shape index (κ3) is 4.57. The van der Waals surface area contributed by atoms with Gasteiger partial charge in [-0.15, -0.1) is 0 Å². The van der Waals surface area contributed by atoms with Gasteiger partial charge in [-0.3, -0.25) is 14.5 Å². The van der Waals surface area contributed by atoms with E-state index < -0.39 is 0 Å². The van der Waals surface area contributed by atoms with Crippen LogP contribution in [0.15, 0.2) is 12.4 Å². The third-order valence-corrected chi connectivity index (χ3v) is 6.57. The lowest BCUT2D eigenvalue weighted by Crippen LogP contribution is -2.57. The molecule has 1 N–H and O–H groups in total. The van der Waals surface area contributed by atoms with Crippen LogP contribution in [0.3, 0.4) is 0 Å². The van der Waals surface area contributed by atoms with E-state index in [-0.39, 0.29) is 24.3 Å². The quantitative estimate of drug-likeness (QED) is 0.773. The summed E-state index contributed by atoms with van der Waals surface area (Å²) in [5, 5.41) is 2.98. The van der Waals surface area contributed by atoms with Gasteiger partial charge in [0.05, 0.1) is 19.0 Å². The normalized spacial score (nSPS) is 24.2. The minimum atomic E-state index is -0.328. The molecule has 1 aromatic rings. The number of piperazine rings is 1. The minimum Gasteiger partial charge on any atom is -0.353 e. The second kappa shape index (κ2) is 8.64. The van der Waals surface area contributed by atoms with Gasteiger partial charge < -0.3 is 14.8 Å². The maximum Gasteiger partial charge on any atom is 0.237 e. The van der Waals surface area contributed by atoms with Gasteiger partial charge in [0.15, 0.2) is 0 Å². The molecule has 0 bridgehead atoms. The predicted molar refractivity (Wildman–Crippen MR) is 106 cm³/mol. The number of carbonyl (C=O) groups is 2. The molecule has 28 heavy (non-hydrogen) atoms. The number of aryl methyl sites for hydroxylation is 1. The maximum absolute atomic E-state index is 13.2. The van der Waals surface area contributed by atoms with Crippen LogP contribution in [0.5, 0.6) is 0 Å². The molecule has 3 fully saturated rings. The number of nitrogens with one attached hydrogen (secondary N) is 1. The van der Waals surface area contributed by atoms with E-state index >= 15 is 0 Å². The van der Waals surface area contributed by atoms with Crippen LogP contribution in [0.2, 0.25) is 0 Å². The summed E-state index contributed by atoms with van der Waals surface area (Å²) >= 11 is 0. The topological polar surface area (TPSA) is 70.5 Å². The highest BCUT2D eigenvalue weighted by Crippen LogP contribution is 2.30. The molecule has 0 spiro atoms. The lowest BCUT2D eigenvalue weighted by molar-refractivity contribution is -0.140. The predicted octanol–water partition coefficient (Wildman–Crippen LogP) is 1.68. The molecule has 3 aliphatic rings. The van der Waals surface area contributed by atoms with Crippen LogP contribution in [-0.4, -0.2) is 62.9 Å². The van der Waals surface area contributed by atoms with Gasteiger partial charge in [-0.1, -0.05) is 19.3 Å². The Morgan fingerprint density at radius 3 is 2.71 bits per heavy atom. The molecule has 4 rings (SSSR count). The molecule has 2 heterocycles. The number of hydrogen-bond donors (Lipinski definition) is 1. The monoisotopic (exact) mass is 387 g/mol. The molecular formula is C21H33N5O2. The van der Waals surface area contributed by atoms with Crippen LogP contribution in [0.4, 0.5) is 0 Å². The number of aromatic nitrogens is 2. The zero-order chi connectivity index (χ0) is 19.5. The van der Waals surface area contributed by atoms with E-state index in [2.05, 4.69) is 15.2 Å². The van der Waals surface area contributed by atoms with Crippen molar-refractivity contribution in [2.45, 2.75) is 70.0 Å². The SMILES string of the molecule is Cn1ccnc1CN(C(=O)CC1C(=O)NCCN1CC1CCCCC1)C1CC1. The van der Waals surface area contributed by atoms with Gasteiger partial charge in [0.25, 0.3) is 0 Å². The van der Waals surface area contributed by atoms with Crippen LogP contribution in [0, 0.1) is 5.92 Å².